The third kappa shape index (κ3) is 5.92. The maximum atomic E-state index is 9.85. The first-order valence-corrected chi connectivity index (χ1v) is 3.14. The van der Waals surface area contributed by atoms with Gasteiger partial charge < -0.3 is 0 Å². The first-order valence-electron chi connectivity index (χ1n) is 3.14. The van der Waals surface area contributed by atoms with E-state index in [9.17, 15) is 5.11 Å². The minimum atomic E-state index is 0.0536. The van der Waals surface area contributed by atoms with Gasteiger partial charge in [0.1, 0.15) is 0 Å². The monoisotopic (exact) mass is 115 g/mol. The van der Waals surface area contributed by atoms with Crippen molar-refractivity contribution in [1.82, 2.24) is 5.73 Å². The van der Waals surface area contributed by atoms with E-state index in [1.54, 1.807) is 0 Å². The molecule has 2 heteroatoms. The summed E-state index contributed by atoms with van der Waals surface area (Å²) in [5.41, 5.74) is 6.76. The fourth-order valence-electron chi connectivity index (χ4n) is 0.581. The molecule has 0 atom stereocenters. The smallest absolute Gasteiger partial charge is 0.0822 e. The fourth-order valence-corrected chi connectivity index (χ4v) is 0.581. The van der Waals surface area contributed by atoms with Crippen LogP contribution in [0.1, 0.15) is 25.7 Å². The summed E-state index contributed by atoms with van der Waals surface area (Å²) < 4.78 is 0. The number of rotatable bonds is 5. The van der Waals surface area contributed by atoms with E-state index in [-0.39, 0.29) is 6.61 Å². The summed E-state index contributed by atoms with van der Waals surface area (Å²) in [4.78, 5) is 0. The van der Waals surface area contributed by atoms with Gasteiger partial charge in [-0.2, -0.15) is 0 Å². The van der Waals surface area contributed by atoms with Crippen LogP contribution in [0, 0.1) is 0 Å². The van der Waals surface area contributed by atoms with Crippen LogP contribution in [0.15, 0.2) is 0 Å². The molecule has 0 aliphatic rings. The quantitative estimate of drug-likeness (QED) is 0.484. The van der Waals surface area contributed by atoms with E-state index < -0.39 is 0 Å². The highest BCUT2D eigenvalue weighted by molar-refractivity contribution is 4.40. The van der Waals surface area contributed by atoms with Crippen molar-refractivity contribution < 1.29 is 5.11 Å². The minimum absolute atomic E-state index is 0.0536. The summed E-state index contributed by atoms with van der Waals surface area (Å²) in [6.07, 6.45) is 3.83. The van der Waals surface area contributed by atoms with Gasteiger partial charge in [0.25, 0.3) is 0 Å². The van der Waals surface area contributed by atoms with Crippen molar-refractivity contribution in [1.29, 1.82) is 0 Å². The number of nitrogens with one attached hydrogen (secondary N) is 1. The van der Waals surface area contributed by atoms with Gasteiger partial charge >= 0.3 is 0 Å². The van der Waals surface area contributed by atoms with E-state index in [4.69, 9.17) is 5.73 Å². The largest absolute Gasteiger partial charge is 0.258 e. The number of unbranched alkanes of at least 4 members (excludes halogenated alkanes) is 3. The molecule has 0 saturated carbocycles. The average molecular weight is 115 g/mol. The summed E-state index contributed by atoms with van der Waals surface area (Å²) in [5, 5.41) is 9.85. The molecule has 2 nitrogen and oxygen atoms in total. The van der Waals surface area contributed by atoms with E-state index >= 15 is 0 Å². The molecule has 0 bridgehead atoms. The first kappa shape index (κ1) is 7.92. The molecular weight excluding hydrogens is 102 g/mol. The van der Waals surface area contributed by atoms with Crippen molar-refractivity contribution in [3.63, 3.8) is 0 Å². The summed E-state index contributed by atoms with van der Waals surface area (Å²) in [7, 11) is 0. The van der Waals surface area contributed by atoms with Gasteiger partial charge in [-0.25, -0.2) is 5.11 Å². The summed E-state index contributed by atoms with van der Waals surface area (Å²) in [6, 6.07) is 0. The SMILES string of the molecule is [NH]CCCCCC[O]. The highest BCUT2D eigenvalue weighted by Crippen LogP contribution is 1.96. The zero-order valence-electron chi connectivity index (χ0n) is 5.15. The van der Waals surface area contributed by atoms with Gasteiger partial charge in [0.15, 0.2) is 0 Å². The van der Waals surface area contributed by atoms with Crippen molar-refractivity contribution in [2.75, 3.05) is 13.2 Å². The van der Waals surface area contributed by atoms with Crippen LogP contribution in [-0.4, -0.2) is 13.2 Å². The average Bonchev–Trinajstić information content (AvgIpc) is 1.81. The van der Waals surface area contributed by atoms with Crippen LogP contribution in [-0.2, 0) is 5.11 Å². The molecule has 8 heavy (non-hydrogen) atoms. The second kappa shape index (κ2) is 6.92. The Morgan fingerprint density at radius 3 is 2.12 bits per heavy atom. The summed E-state index contributed by atoms with van der Waals surface area (Å²) >= 11 is 0. The fraction of sp³-hybridized carbons (Fsp3) is 1.00. The molecule has 0 saturated heterocycles. The molecule has 0 unspecified atom stereocenters. The zero-order chi connectivity index (χ0) is 6.24. The lowest BCUT2D eigenvalue weighted by atomic mass is 10.2. The molecule has 2 radical (unpaired) electrons. The topological polar surface area (TPSA) is 43.7 Å². The summed E-state index contributed by atoms with van der Waals surface area (Å²) in [5.74, 6) is 0. The van der Waals surface area contributed by atoms with Crippen molar-refractivity contribution in [2.45, 2.75) is 25.7 Å². The Morgan fingerprint density at radius 2 is 1.62 bits per heavy atom. The Bertz CT molecular complexity index is 33.5. The van der Waals surface area contributed by atoms with Crippen LogP contribution in [0.3, 0.4) is 0 Å². The normalized spacial score (nSPS) is 9.75. The van der Waals surface area contributed by atoms with Crippen LogP contribution in [0.25, 0.3) is 0 Å². The standard InChI is InChI=1S/C6H13NO/c7-5-3-1-2-4-6-8/h7H,1-6H2. The van der Waals surface area contributed by atoms with E-state index in [0.717, 1.165) is 25.7 Å². The van der Waals surface area contributed by atoms with Gasteiger partial charge in [-0.05, 0) is 12.8 Å². The van der Waals surface area contributed by atoms with Crippen molar-refractivity contribution >= 4 is 0 Å². The van der Waals surface area contributed by atoms with Crippen molar-refractivity contribution in [2.24, 2.45) is 0 Å². The van der Waals surface area contributed by atoms with Crippen LogP contribution in [0.5, 0.6) is 0 Å². The molecule has 0 aliphatic carbocycles. The molecule has 0 spiro atoms. The van der Waals surface area contributed by atoms with Gasteiger partial charge in [0.2, 0.25) is 0 Å². The van der Waals surface area contributed by atoms with Gasteiger partial charge in [0, 0.05) is 6.54 Å². The highest BCUT2D eigenvalue weighted by atomic mass is 16.2. The van der Waals surface area contributed by atoms with Crippen molar-refractivity contribution in [3.8, 4) is 0 Å². The van der Waals surface area contributed by atoms with Gasteiger partial charge in [-0.3, -0.25) is 5.73 Å². The van der Waals surface area contributed by atoms with Gasteiger partial charge in [-0.15, -0.1) is 0 Å². The van der Waals surface area contributed by atoms with Crippen LogP contribution in [0.2, 0.25) is 0 Å². The summed E-state index contributed by atoms with van der Waals surface area (Å²) in [6.45, 7) is 0.566. The molecule has 48 valence electrons. The van der Waals surface area contributed by atoms with E-state index in [0.29, 0.717) is 6.54 Å². The van der Waals surface area contributed by atoms with E-state index in [2.05, 4.69) is 0 Å². The second-order valence-electron chi connectivity index (χ2n) is 1.87. The Labute approximate surface area is 50.7 Å². The molecule has 0 aromatic heterocycles. The molecule has 1 N–H and O–H groups in total. The third-order valence-electron chi connectivity index (χ3n) is 1.07. The zero-order valence-corrected chi connectivity index (χ0v) is 5.15. The van der Waals surface area contributed by atoms with Crippen LogP contribution >= 0.6 is 0 Å². The molecule has 0 fully saturated rings. The lowest BCUT2D eigenvalue weighted by Crippen LogP contribution is -1.86. The lowest BCUT2D eigenvalue weighted by molar-refractivity contribution is 0.186. The maximum Gasteiger partial charge on any atom is 0.0822 e. The molecule has 0 heterocycles. The Morgan fingerprint density at radius 1 is 1.00 bits per heavy atom. The maximum absolute atomic E-state index is 9.85. The number of hydrogen-bond acceptors (Lipinski definition) is 0. The first-order chi connectivity index (χ1) is 3.91. The second-order valence-corrected chi connectivity index (χ2v) is 1.87. The predicted molar refractivity (Wildman–Crippen MR) is 32.0 cm³/mol. The van der Waals surface area contributed by atoms with Crippen molar-refractivity contribution in [3.05, 3.63) is 0 Å². The molecule has 0 amide bonds. The molecule has 0 rings (SSSR count). The van der Waals surface area contributed by atoms with Crippen LogP contribution < -0.4 is 5.73 Å². The predicted octanol–water partition coefficient (Wildman–Crippen LogP) is 1.26. The third-order valence-corrected chi connectivity index (χ3v) is 1.07. The minimum Gasteiger partial charge on any atom is -0.258 e. The Kier molecular flexibility index (Phi) is 6.85. The van der Waals surface area contributed by atoms with Gasteiger partial charge in [0.05, 0.1) is 6.61 Å². The molecule has 0 aromatic carbocycles. The molecular formula is C6H13NO. The van der Waals surface area contributed by atoms with Gasteiger partial charge in [-0.1, -0.05) is 12.8 Å². The number of hydrogen-bond donors (Lipinski definition) is 0. The Balaban J connectivity index is 2.53. The Hall–Kier alpha value is -0.0800. The molecule has 0 aromatic rings. The lowest BCUT2D eigenvalue weighted by Gasteiger charge is -1.92. The van der Waals surface area contributed by atoms with Crippen LogP contribution in [0.4, 0.5) is 0 Å². The molecule has 0 aliphatic heterocycles. The van der Waals surface area contributed by atoms with E-state index in [1.807, 2.05) is 0 Å². The highest BCUT2D eigenvalue weighted by Gasteiger charge is 1.85. The van der Waals surface area contributed by atoms with E-state index in [1.165, 1.54) is 0 Å².